The van der Waals surface area contributed by atoms with E-state index in [4.69, 9.17) is 19.4 Å². The Kier molecular flexibility index (Phi) is 7.27. The van der Waals surface area contributed by atoms with E-state index in [1.165, 1.54) is 27.5 Å². The molecule has 0 saturated heterocycles. The predicted molar refractivity (Wildman–Crippen MR) is 227 cm³/mol. The van der Waals surface area contributed by atoms with Crippen molar-refractivity contribution in [2.45, 2.75) is 12.8 Å². The van der Waals surface area contributed by atoms with Crippen LogP contribution in [0.15, 0.2) is 174 Å². The Balaban J connectivity index is 1.07. The zero-order chi connectivity index (χ0) is 36.3. The Bertz CT molecular complexity index is 3150. The maximum absolute atomic E-state index is 6.28. The number of aryl methyl sites for hydroxylation is 1. The lowest BCUT2D eigenvalue weighted by molar-refractivity contribution is 0.669. The third kappa shape index (κ3) is 5.42. The molecule has 4 nitrogen and oxygen atoms in total. The monoisotopic (exact) mass is 703 g/mol. The summed E-state index contributed by atoms with van der Waals surface area (Å²) in [6.07, 6.45) is 6.57. The van der Waals surface area contributed by atoms with Crippen LogP contribution in [0.2, 0.25) is 0 Å². The van der Waals surface area contributed by atoms with Gasteiger partial charge in [-0.05, 0) is 92.0 Å². The quantitative estimate of drug-likeness (QED) is 0.179. The topological polar surface area (TPSA) is 51.8 Å². The zero-order valence-electron chi connectivity index (χ0n) is 29.9. The van der Waals surface area contributed by atoms with Crippen LogP contribution in [0.1, 0.15) is 17.5 Å². The number of allylic oxidation sites excluding steroid dienone is 1. The molecule has 0 bridgehead atoms. The number of fused-ring (bicyclic) bond motifs is 6. The third-order valence-electron chi connectivity index (χ3n) is 11.0. The van der Waals surface area contributed by atoms with Gasteiger partial charge >= 0.3 is 0 Å². The Hall–Kier alpha value is -7.17. The first kappa shape index (κ1) is 31.4. The highest BCUT2D eigenvalue weighted by Crippen LogP contribution is 2.41. The molecule has 2 aromatic heterocycles. The number of aromatic nitrogens is 3. The van der Waals surface area contributed by atoms with Crippen molar-refractivity contribution in [1.29, 1.82) is 0 Å². The number of benzene rings is 8. The Morgan fingerprint density at radius 1 is 0.418 bits per heavy atom. The molecule has 2 heterocycles. The van der Waals surface area contributed by atoms with Crippen LogP contribution in [0.5, 0.6) is 0 Å². The van der Waals surface area contributed by atoms with Crippen LogP contribution >= 0.6 is 0 Å². The first-order valence-corrected chi connectivity index (χ1v) is 18.8. The molecule has 0 spiro atoms. The lowest BCUT2D eigenvalue weighted by Crippen LogP contribution is -2.02. The standard InChI is InChI=1S/C51H33N3O/c1-3-12-36-30-38(28-24-32(36)10-1)34-22-26-35(27-23-34)49-52-50(39-29-25-33-11-2-4-13-37(33)31-39)54-51(53-49)44-19-8-15-40-41(16-7-17-42(40)44)43-18-9-21-47-48(43)45-14-5-6-20-46(45)55-47/h1,3-10,12-31H,2,11H2. The molecule has 0 saturated carbocycles. The summed E-state index contributed by atoms with van der Waals surface area (Å²) in [5.74, 6) is 1.94. The average molecular weight is 704 g/mol. The molecular formula is C51H33N3O. The van der Waals surface area contributed by atoms with Crippen molar-refractivity contribution in [2.24, 2.45) is 0 Å². The molecule has 0 atom stereocenters. The molecule has 1 aliphatic carbocycles. The molecule has 1 aliphatic rings. The van der Waals surface area contributed by atoms with Crippen molar-refractivity contribution in [3.63, 3.8) is 0 Å². The van der Waals surface area contributed by atoms with Gasteiger partial charge in [-0.3, -0.25) is 0 Å². The first-order valence-electron chi connectivity index (χ1n) is 18.8. The minimum absolute atomic E-state index is 0.640. The SMILES string of the molecule is C1=Cc2cc(-c3nc(-c4ccc(-c5ccc6ccccc6c5)cc4)nc(-c4cccc5c(-c6cccc7oc8ccccc8c67)cccc45)n3)ccc2CC1. The largest absolute Gasteiger partial charge is 0.456 e. The van der Waals surface area contributed by atoms with Crippen LogP contribution < -0.4 is 0 Å². The number of rotatable bonds is 5. The Morgan fingerprint density at radius 3 is 1.95 bits per heavy atom. The summed E-state index contributed by atoms with van der Waals surface area (Å²) in [5, 5.41) is 6.89. The highest BCUT2D eigenvalue weighted by atomic mass is 16.3. The smallest absolute Gasteiger partial charge is 0.164 e. The number of hydrogen-bond acceptors (Lipinski definition) is 4. The van der Waals surface area contributed by atoms with E-state index in [2.05, 4.69) is 158 Å². The van der Waals surface area contributed by atoms with E-state index >= 15 is 0 Å². The molecule has 0 fully saturated rings. The number of para-hydroxylation sites is 1. The second-order valence-electron chi connectivity index (χ2n) is 14.3. The Morgan fingerprint density at radius 2 is 1.05 bits per heavy atom. The Labute approximate surface area is 318 Å². The molecule has 55 heavy (non-hydrogen) atoms. The maximum Gasteiger partial charge on any atom is 0.164 e. The van der Waals surface area contributed by atoms with E-state index in [1.807, 2.05) is 18.2 Å². The molecule has 4 heteroatoms. The summed E-state index contributed by atoms with van der Waals surface area (Å²) in [6, 6.07) is 57.8. The minimum Gasteiger partial charge on any atom is -0.456 e. The highest BCUT2D eigenvalue weighted by Gasteiger charge is 2.19. The van der Waals surface area contributed by atoms with Gasteiger partial charge in [0.1, 0.15) is 11.2 Å². The van der Waals surface area contributed by atoms with Gasteiger partial charge in [0.15, 0.2) is 17.5 Å². The fourth-order valence-electron chi connectivity index (χ4n) is 8.24. The summed E-state index contributed by atoms with van der Waals surface area (Å²) in [7, 11) is 0. The van der Waals surface area contributed by atoms with Crippen LogP contribution in [-0.2, 0) is 6.42 Å². The molecular weight excluding hydrogens is 671 g/mol. The molecule has 258 valence electrons. The van der Waals surface area contributed by atoms with Gasteiger partial charge in [-0.25, -0.2) is 15.0 Å². The van der Waals surface area contributed by atoms with Crippen molar-refractivity contribution in [3.05, 3.63) is 181 Å². The summed E-state index contributed by atoms with van der Waals surface area (Å²) < 4.78 is 6.28. The van der Waals surface area contributed by atoms with Crippen LogP contribution in [0.25, 0.3) is 106 Å². The minimum atomic E-state index is 0.640. The van der Waals surface area contributed by atoms with Crippen LogP contribution in [0.3, 0.4) is 0 Å². The lowest BCUT2D eigenvalue weighted by Gasteiger charge is -2.14. The van der Waals surface area contributed by atoms with E-state index < -0.39 is 0 Å². The molecule has 0 radical (unpaired) electrons. The second-order valence-corrected chi connectivity index (χ2v) is 14.3. The van der Waals surface area contributed by atoms with Crippen molar-refractivity contribution in [3.8, 4) is 56.4 Å². The van der Waals surface area contributed by atoms with Crippen LogP contribution in [0, 0.1) is 0 Å². The van der Waals surface area contributed by atoms with Gasteiger partial charge in [0.05, 0.1) is 0 Å². The van der Waals surface area contributed by atoms with Gasteiger partial charge in [0.2, 0.25) is 0 Å². The van der Waals surface area contributed by atoms with Gasteiger partial charge < -0.3 is 4.42 Å². The van der Waals surface area contributed by atoms with Gasteiger partial charge in [0.25, 0.3) is 0 Å². The maximum atomic E-state index is 6.28. The highest BCUT2D eigenvalue weighted by molar-refractivity contribution is 6.16. The number of hydrogen-bond donors (Lipinski definition) is 0. The van der Waals surface area contributed by atoms with E-state index in [0.717, 1.165) is 78.9 Å². The lowest BCUT2D eigenvalue weighted by atomic mass is 9.93. The summed E-state index contributed by atoms with van der Waals surface area (Å²) in [4.78, 5) is 15.6. The van der Waals surface area contributed by atoms with Crippen LogP contribution in [0.4, 0.5) is 0 Å². The van der Waals surface area contributed by atoms with E-state index in [-0.39, 0.29) is 0 Å². The number of nitrogens with zero attached hydrogens (tertiary/aromatic N) is 3. The zero-order valence-corrected chi connectivity index (χ0v) is 29.9. The van der Waals surface area contributed by atoms with Crippen molar-refractivity contribution in [1.82, 2.24) is 15.0 Å². The average Bonchev–Trinajstić information content (AvgIpc) is 3.65. The molecule has 0 unspecified atom stereocenters. The van der Waals surface area contributed by atoms with E-state index in [1.54, 1.807) is 0 Å². The van der Waals surface area contributed by atoms with Crippen molar-refractivity contribution >= 4 is 49.6 Å². The normalized spacial score (nSPS) is 12.5. The predicted octanol–water partition coefficient (Wildman–Crippen LogP) is 13.4. The third-order valence-corrected chi connectivity index (χ3v) is 11.0. The van der Waals surface area contributed by atoms with Crippen molar-refractivity contribution in [2.75, 3.05) is 0 Å². The molecule has 8 aromatic carbocycles. The summed E-state index contributed by atoms with van der Waals surface area (Å²) >= 11 is 0. The first-order chi connectivity index (χ1) is 27.2. The van der Waals surface area contributed by atoms with Gasteiger partial charge in [-0.15, -0.1) is 0 Å². The van der Waals surface area contributed by atoms with Gasteiger partial charge in [0, 0.05) is 27.5 Å². The molecule has 0 aliphatic heterocycles. The molecule has 10 aromatic rings. The molecule has 0 amide bonds. The molecule has 11 rings (SSSR count). The number of furan rings is 1. The van der Waals surface area contributed by atoms with Crippen molar-refractivity contribution < 1.29 is 4.42 Å². The van der Waals surface area contributed by atoms with Gasteiger partial charge in [-0.2, -0.15) is 0 Å². The van der Waals surface area contributed by atoms with Gasteiger partial charge in [-0.1, -0.05) is 152 Å². The summed E-state index contributed by atoms with van der Waals surface area (Å²) in [6.45, 7) is 0. The fraction of sp³-hybridized carbons (Fsp3) is 0.0392. The second kappa shape index (κ2) is 12.8. The fourth-order valence-corrected chi connectivity index (χ4v) is 8.24. The summed E-state index contributed by atoms with van der Waals surface area (Å²) in [5.41, 5.74) is 11.8. The van der Waals surface area contributed by atoms with E-state index in [9.17, 15) is 0 Å². The molecule has 0 N–H and O–H groups in total. The van der Waals surface area contributed by atoms with Crippen LogP contribution in [-0.4, -0.2) is 15.0 Å². The van der Waals surface area contributed by atoms with E-state index in [0.29, 0.717) is 17.5 Å².